The van der Waals surface area contributed by atoms with Gasteiger partial charge in [-0.05, 0) is 33.2 Å². The van der Waals surface area contributed by atoms with Crippen LogP contribution >= 0.6 is 0 Å². The summed E-state index contributed by atoms with van der Waals surface area (Å²) in [5, 5.41) is 0. The van der Waals surface area contributed by atoms with Crippen LogP contribution in [0.25, 0.3) is 0 Å². The zero-order chi connectivity index (χ0) is 9.68. The van der Waals surface area contributed by atoms with Crippen molar-refractivity contribution in [3.8, 4) is 0 Å². The number of halogens is 1. The molecule has 0 spiro atoms. The van der Waals surface area contributed by atoms with Crippen LogP contribution in [-0.2, 0) is 4.74 Å². The molecule has 0 aromatic carbocycles. The van der Waals surface area contributed by atoms with E-state index in [2.05, 4.69) is 4.90 Å². The summed E-state index contributed by atoms with van der Waals surface area (Å²) >= 11 is 0. The number of likely N-dealkylation sites (tertiary alicyclic amines) is 1. The number of rotatable bonds is 5. The largest absolute Gasteiger partial charge is 0.377 e. The summed E-state index contributed by atoms with van der Waals surface area (Å²) in [6.45, 7) is 6.21. The average molecular weight is 189 g/mol. The van der Waals surface area contributed by atoms with E-state index in [0.717, 1.165) is 19.6 Å². The van der Waals surface area contributed by atoms with Gasteiger partial charge in [0.2, 0.25) is 0 Å². The lowest BCUT2D eigenvalue weighted by Crippen LogP contribution is -2.35. The van der Waals surface area contributed by atoms with Gasteiger partial charge in [-0.25, -0.2) is 4.39 Å². The molecule has 0 saturated carbocycles. The van der Waals surface area contributed by atoms with Gasteiger partial charge in [0.25, 0.3) is 0 Å². The smallest absolute Gasteiger partial charge is 0.102 e. The third-order valence-electron chi connectivity index (χ3n) is 2.49. The molecule has 1 aliphatic rings. The van der Waals surface area contributed by atoms with E-state index >= 15 is 0 Å². The highest BCUT2D eigenvalue weighted by molar-refractivity contribution is 4.78. The predicted molar refractivity (Wildman–Crippen MR) is 51.7 cm³/mol. The summed E-state index contributed by atoms with van der Waals surface area (Å²) in [7, 11) is 0. The van der Waals surface area contributed by atoms with Crippen molar-refractivity contribution in [1.29, 1.82) is 0 Å². The van der Waals surface area contributed by atoms with Crippen LogP contribution in [0.5, 0.6) is 0 Å². The van der Waals surface area contributed by atoms with Gasteiger partial charge in [0.1, 0.15) is 6.67 Å². The summed E-state index contributed by atoms with van der Waals surface area (Å²) in [5.41, 5.74) is 0. The van der Waals surface area contributed by atoms with E-state index in [1.165, 1.54) is 6.42 Å². The lowest BCUT2D eigenvalue weighted by molar-refractivity contribution is 0.0362. The molecular formula is C10H20FNO. The van der Waals surface area contributed by atoms with Crippen molar-refractivity contribution < 1.29 is 9.13 Å². The van der Waals surface area contributed by atoms with Crippen LogP contribution in [0.1, 0.15) is 26.7 Å². The van der Waals surface area contributed by atoms with Crippen molar-refractivity contribution in [3.63, 3.8) is 0 Å². The minimum absolute atomic E-state index is 0.238. The van der Waals surface area contributed by atoms with Crippen molar-refractivity contribution in [2.24, 2.45) is 0 Å². The molecule has 3 heteroatoms. The summed E-state index contributed by atoms with van der Waals surface area (Å²) in [4.78, 5) is 2.20. The van der Waals surface area contributed by atoms with Gasteiger partial charge in [-0.3, -0.25) is 4.90 Å². The number of alkyl halides is 1. The van der Waals surface area contributed by atoms with Crippen LogP contribution in [0, 0.1) is 0 Å². The molecule has 0 aromatic heterocycles. The highest BCUT2D eigenvalue weighted by Crippen LogP contribution is 2.17. The molecule has 0 N–H and O–H groups in total. The highest BCUT2D eigenvalue weighted by atomic mass is 19.1. The maximum absolute atomic E-state index is 12.1. The van der Waals surface area contributed by atoms with Gasteiger partial charge in [0.05, 0.1) is 12.7 Å². The molecule has 0 bridgehead atoms. The molecule has 0 radical (unpaired) electrons. The monoisotopic (exact) mass is 189 g/mol. The van der Waals surface area contributed by atoms with Gasteiger partial charge in [0, 0.05) is 12.6 Å². The molecule has 2 nitrogen and oxygen atoms in total. The van der Waals surface area contributed by atoms with Crippen LogP contribution in [-0.4, -0.2) is 43.4 Å². The van der Waals surface area contributed by atoms with Crippen molar-refractivity contribution in [1.82, 2.24) is 4.90 Å². The molecule has 1 fully saturated rings. The Balaban J connectivity index is 2.22. The lowest BCUT2D eigenvalue weighted by Gasteiger charge is -2.23. The third kappa shape index (κ3) is 3.61. The summed E-state index contributed by atoms with van der Waals surface area (Å²) < 4.78 is 17.7. The summed E-state index contributed by atoms with van der Waals surface area (Å²) in [6.07, 6.45) is 2.63. The van der Waals surface area contributed by atoms with Gasteiger partial charge in [-0.1, -0.05) is 0 Å². The second-order valence-electron chi connectivity index (χ2n) is 3.90. The first-order valence-electron chi connectivity index (χ1n) is 5.15. The summed E-state index contributed by atoms with van der Waals surface area (Å²) in [5.74, 6) is 0. The molecule has 0 aromatic rings. The van der Waals surface area contributed by atoms with Crippen LogP contribution in [0.3, 0.4) is 0 Å². The molecule has 1 rings (SSSR count). The number of nitrogens with zero attached hydrogens (tertiary/aromatic N) is 1. The number of ether oxygens (including phenoxy) is 1. The van der Waals surface area contributed by atoms with Crippen molar-refractivity contribution >= 4 is 0 Å². The molecule has 1 aliphatic heterocycles. The van der Waals surface area contributed by atoms with E-state index in [0.29, 0.717) is 12.6 Å². The first kappa shape index (κ1) is 10.9. The second kappa shape index (κ2) is 5.55. The van der Waals surface area contributed by atoms with E-state index in [1.807, 2.05) is 13.8 Å². The fourth-order valence-corrected chi connectivity index (χ4v) is 1.79. The second-order valence-corrected chi connectivity index (χ2v) is 3.90. The van der Waals surface area contributed by atoms with Crippen LogP contribution in [0.2, 0.25) is 0 Å². The number of hydrogen-bond acceptors (Lipinski definition) is 2. The van der Waals surface area contributed by atoms with Crippen LogP contribution in [0.15, 0.2) is 0 Å². The molecule has 78 valence electrons. The highest BCUT2D eigenvalue weighted by Gasteiger charge is 2.24. The molecule has 1 saturated heterocycles. The Hall–Kier alpha value is -0.150. The third-order valence-corrected chi connectivity index (χ3v) is 2.49. The van der Waals surface area contributed by atoms with E-state index in [9.17, 15) is 4.39 Å². The lowest BCUT2D eigenvalue weighted by atomic mass is 10.2. The zero-order valence-corrected chi connectivity index (χ0v) is 8.63. The quantitative estimate of drug-likeness (QED) is 0.654. The van der Waals surface area contributed by atoms with Crippen LogP contribution < -0.4 is 0 Å². The van der Waals surface area contributed by atoms with Gasteiger partial charge >= 0.3 is 0 Å². The van der Waals surface area contributed by atoms with E-state index in [-0.39, 0.29) is 12.8 Å². The molecule has 1 atom stereocenters. The average Bonchev–Trinajstić information content (AvgIpc) is 2.49. The normalized spacial score (nSPS) is 24.5. The van der Waals surface area contributed by atoms with Crippen molar-refractivity contribution in [2.45, 2.75) is 38.8 Å². The molecule has 0 aliphatic carbocycles. The Bertz CT molecular complexity index is 141. The Labute approximate surface area is 80.1 Å². The Morgan fingerprint density at radius 3 is 2.92 bits per heavy atom. The molecule has 1 heterocycles. The Kier molecular flexibility index (Phi) is 4.67. The van der Waals surface area contributed by atoms with E-state index < -0.39 is 0 Å². The van der Waals surface area contributed by atoms with E-state index in [1.54, 1.807) is 0 Å². The molecule has 0 amide bonds. The maximum atomic E-state index is 12.1. The standard InChI is InChI=1S/C10H20FNO/c1-9(2)13-8-10-4-3-6-12(10)7-5-11/h9-10H,3-8H2,1-2H3/t10-/m0/s1. The fraction of sp³-hybridized carbons (Fsp3) is 1.00. The SMILES string of the molecule is CC(C)OC[C@@H]1CCCN1CCF. The van der Waals surface area contributed by atoms with E-state index in [4.69, 9.17) is 4.74 Å². The predicted octanol–water partition coefficient (Wildman–Crippen LogP) is 1.85. The molecular weight excluding hydrogens is 169 g/mol. The fourth-order valence-electron chi connectivity index (χ4n) is 1.79. The van der Waals surface area contributed by atoms with Gasteiger partial charge in [-0.15, -0.1) is 0 Å². The number of hydrogen-bond donors (Lipinski definition) is 0. The topological polar surface area (TPSA) is 12.5 Å². The first-order chi connectivity index (χ1) is 6.24. The molecule has 0 unspecified atom stereocenters. The molecule has 13 heavy (non-hydrogen) atoms. The Morgan fingerprint density at radius 2 is 2.31 bits per heavy atom. The van der Waals surface area contributed by atoms with Gasteiger partial charge in [0.15, 0.2) is 0 Å². The minimum Gasteiger partial charge on any atom is -0.377 e. The first-order valence-corrected chi connectivity index (χ1v) is 5.15. The van der Waals surface area contributed by atoms with Gasteiger partial charge in [-0.2, -0.15) is 0 Å². The zero-order valence-electron chi connectivity index (χ0n) is 8.63. The van der Waals surface area contributed by atoms with Crippen molar-refractivity contribution in [3.05, 3.63) is 0 Å². The van der Waals surface area contributed by atoms with Crippen molar-refractivity contribution in [2.75, 3.05) is 26.4 Å². The van der Waals surface area contributed by atoms with Gasteiger partial charge < -0.3 is 4.74 Å². The Morgan fingerprint density at radius 1 is 1.54 bits per heavy atom. The minimum atomic E-state index is -0.238. The maximum Gasteiger partial charge on any atom is 0.102 e. The van der Waals surface area contributed by atoms with Crippen LogP contribution in [0.4, 0.5) is 4.39 Å². The summed E-state index contributed by atoms with van der Waals surface area (Å²) in [6, 6.07) is 0.457.